The zero-order chi connectivity index (χ0) is 12.8. The van der Waals surface area contributed by atoms with Gasteiger partial charge < -0.3 is 10.9 Å². The van der Waals surface area contributed by atoms with Crippen molar-refractivity contribution in [2.75, 3.05) is 7.05 Å². The molecular formula is C10H20N6O. The van der Waals surface area contributed by atoms with E-state index in [0.29, 0.717) is 6.54 Å². The number of likely N-dealkylation sites (N-methyl/N-ethyl adjacent to an activating group) is 1. The van der Waals surface area contributed by atoms with E-state index in [1.807, 2.05) is 23.6 Å². The SMILES string of the molecule is CCCn1ncnc1CN(C)C(C)C(N)=NO. The number of hydrogen-bond acceptors (Lipinski definition) is 5. The second-order valence-electron chi connectivity index (χ2n) is 4.02. The summed E-state index contributed by atoms with van der Waals surface area (Å²) in [7, 11) is 1.90. The molecule has 0 aromatic carbocycles. The van der Waals surface area contributed by atoms with Crippen LogP contribution in [0.4, 0.5) is 0 Å². The second kappa shape index (κ2) is 6.19. The van der Waals surface area contributed by atoms with Crippen LogP contribution in [0.1, 0.15) is 26.1 Å². The number of amidine groups is 1. The summed E-state index contributed by atoms with van der Waals surface area (Å²) < 4.78 is 1.87. The first-order valence-corrected chi connectivity index (χ1v) is 5.64. The van der Waals surface area contributed by atoms with Crippen LogP contribution in [0.15, 0.2) is 11.5 Å². The van der Waals surface area contributed by atoms with Crippen molar-refractivity contribution in [2.24, 2.45) is 10.9 Å². The Morgan fingerprint density at radius 1 is 1.71 bits per heavy atom. The maximum absolute atomic E-state index is 8.62. The minimum atomic E-state index is -0.147. The Balaban J connectivity index is 2.67. The highest BCUT2D eigenvalue weighted by atomic mass is 16.4. The predicted octanol–water partition coefficient (Wildman–Crippen LogP) is 0.255. The van der Waals surface area contributed by atoms with E-state index in [0.717, 1.165) is 18.8 Å². The molecule has 7 nitrogen and oxygen atoms in total. The Morgan fingerprint density at radius 3 is 3.00 bits per heavy atom. The fraction of sp³-hybridized carbons (Fsp3) is 0.700. The van der Waals surface area contributed by atoms with E-state index in [1.165, 1.54) is 0 Å². The Bertz CT molecular complexity index is 375. The van der Waals surface area contributed by atoms with Gasteiger partial charge in [0.25, 0.3) is 0 Å². The Kier molecular flexibility index (Phi) is 4.89. The van der Waals surface area contributed by atoms with E-state index in [1.54, 1.807) is 6.33 Å². The molecule has 1 atom stereocenters. The number of rotatable bonds is 6. The molecule has 0 fully saturated rings. The molecule has 0 aliphatic heterocycles. The Labute approximate surface area is 101 Å². The highest BCUT2D eigenvalue weighted by Crippen LogP contribution is 2.04. The molecule has 0 saturated carbocycles. The number of nitrogens with zero attached hydrogens (tertiary/aromatic N) is 5. The van der Waals surface area contributed by atoms with Gasteiger partial charge in [0.05, 0.1) is 12.6 Å². The summed E-state index contributed by atoms with van der Waals surface area (Å²) in [6.07, 6.45) is 2.56. The van der Waals surface area contributed by atoms with Gasteiger partial charge in [0.1, 0.15) is 12.2 Å². The van der Waals surface area contributed by atoms with E-state index in [4.69, 9.17) is 10.9 Å². The summed E-state index contributed by atoms with van der Waals surface area (Å²) in [4.78, 5) is 6.16. The summed E-state index contributed by atoms with van der Waals surface area (Å²) in [5.74, 6) is 1.07. The van der Waals surface area contributed by atoms with Gasteiger partial charge in [0.15, 0.2) is 5.84 Å². The number of oxime groups is 1. The van der Waals surface area contributed by atoms with E-state index in [-0.39, 0.29) is 11.9 Å². The van der Waals surface area contributed by atoms with Gasteiger partial charge in [-0.25, -0.2) is 9.67 Å². The lowest BCUT2D eigenvalue weighted by Gasteiger charge is -2.22. The lowest BCUT2D eigenvalue weighted by Crippen LogP contribution is -2.40. The molecule has 1 aromatic rings. The van der Waals surface area contributed by atoms with Gasteiger partial charge in [-0.05, 0) is 20.4 Å². The second-order valence-corrected chi connectivity index (χ2v) is 4.02. The van der Waals surface area contributed by atoms with Gasteiger partial charge in [0.2, 0.25) is 0 Å². The molecule has 7 heteroatoms. The summed E-state index contributed by atoms with van der Waals surface area (Å²) in [5, 5.41) is 15.8. The van der Waals surface area contributed by atoms with Gasteiger partial charge in [-0.1, -0.05) is 12.1 Å². The molecule has 0 radical (unpaired) electrons. The van der Waals surface area contributed by atoms with Gasteiger partial charge >= 0.3 is 0 Å². The highest BCUT2D eigenvalue weighted by molar-refractivity contribution is 5.84. The molecule has 0 spiro atoms. The van der Waals surface area contributed by atoms with Crippen LogP contribution in [0.5, 0.6) is 0 Å². The standard InChI is InChI=1S/C10H20N6O/c1-4-5-16-9(12-7-13-16)6-15(3)8(2)10(11)14-17/h7-8,17H,4-6H2,1-3H3,(H2,11,14). The minimum absolute atomic E-state index is 0.147. The maximum atomic E-state index is 8.62. The molecule has 0 aliphatic rings. The third kappa shape index (κ3) is 3.42. The smallest absolute Gasteiger partial charge is 0.156 e. The number of nitrogens with two attached hydrogens (primary N) is 1. The largest absolute Gasteiger partial charge is 0.409 e. The zero-order valence-corrected chi connectivity index (χ0v) is 10.5. The molecule has 0 amide bonds. The molecule has 0 bridgehead atoms. The first-order valence-electron chi connectivity index (χ1n) is 5.64. The molecule has 1 rings (SSSR count). The van der Waals surface area contributed by atoms with Gasteiger partial charge in [-0.3, -0.25) is 4.90 Å². The quantitative estimate of drug-likeness (QED) is 0.322. The average molecular weight is 240 g/mol. The average Bonchev–Trinajstić information content (AvgIpc) is 2.75. The first kappa shape index (κ1) is 13.4. The molecule has 1 unspecified atom stereocenters. The van der Waals surface area contributed by atoms with Gasteiger partial charge in [0, 0.05) is 6.54 Å². The van der Waals surface area contributed by atoms with Crippen LogP contribution in [0.25, 0.3) is 0 Å². The minimum Gasteiger partial charge on any atom is -0.409 e. The fourth-order valence-electron chi connectivity index (χ4n) is 1.48. The summed E-state index contributed by atoms with van der Waals surface area (Å²) in [6, 6.07) is -0.147. The van der Waals surface area contributed by atoms with Gasteiger partial charge in [-0.15, -0.1) is 0 Å². The number of hydrogen-bond donors (Lipinski definition) is 2. The molecule has 3 N–H and O–H groups in total. The van der Waals surface area contributed by atoms with Crippen LogP contribution >= 0.6 is 0 Å². The van der Waals surface area contributed by atoms with Crippen molar-refractivity contribution < 1.29 is 5.21 Å². The monoisotopic (exact) mass is 240 g/mol. The van der Waals surface area contributed by atoms with Crippen LogP contribution < -0.4 is 5.73 Å². The maximum Gasteiger partial charge on any atom is 0.156 e. The third-order valence-electron chi connectivity index (χ3n) is 2.73. The van der Waals surface area contributed by atoms with Crippen LogP contribution in [-0.2, 0) is 13.1 Å². The van der Waals surface area contributed by atoms with Crippen molar-refractivity contribution >= 4 is 5.84 Å². The molecule has 0 saturated heterocycles. The fourth-order valence-corrected chi connectivity index (χ4v) is 1.48. The summed E-state index contributed by atoms with van der Waals surface area (Å²) >= 11 is 0. The lowest BCUT2D eigenvalue weighted by atomic mass is 10.3. The predicted molar refractivity (Wildman–Crippen MR) is 64.7 cm³/mol. The first-order chi connectivity index (χ1) is 8.10. The van der Waals surface area contributed by atoms with Crippen molar-refractivity contribution in [3.63, 3.8) is 0 Å². The van der Waals surface area contributed by atoms with E-state index in [2.05, 4.69) is 22.2 Å². The van der Waals surface area contributed by atoms with Crippen molar-refractivity contribution in [3.8, 4) is 0 Å². The van der Waals surface area contributed by atoms with E-state index in [9.17, 15) is 0 Å². The Morgan fingerprint density at radius 2 is 2.41 bits per heavy atom. The van der Waals surface area contributed by atoms with Crippen molar-refractivity contribution in [2.45, 2.75) is 39.4 Å². The molecule has 1 aromatic heterocycles. The molecule has 1 heterocycles. The van der Waals surface area contributed by atoms with Crippen molar-refractivity contribution in [3.05, 3.63) is 12.2 Å². The molecular weight excluding hydrogens is 220 g/mol. The van der Waals surface area contributed by atoms with E-state index < -0.39 is 0 Å². The molecule has 0 aliphatic carbocycles. The van der Waals surface area contributed by atoms with Crippen LogP contribution in [0.3, 0.4) is 0 Å². The lowest BCUT2D eigenvalue weighted by molar-refractivity contribution is 0.270. The summed E-state index contributed by atoms with van der Waals surface area (Å²) in [5.41, 5.74) is 5.56. The van der Waals surface area contributed by atoms with Gasteiger partial charge in [-0.2, -0.15) is 5.10 Å². The highest BCUT2D eigenvalue weighted by Gasteiger charge is 2.16. The van der Waals surface area contributed by atoms with Crippen LogP contribution in [0, 0.1) is 0 Å². The van der Waals surface area contributed by atoms with Crippen molar-refractivity contribution in [1.29, 1.82) is 0 Å². The summed E-state index contributed by atoms with van der Waals surface area (Å²) in [6.45, 7) is 5.42. The van der Waals surface area contributed by atoms with Crippen LogP contribution in [-0.4, -0.2) is 43.8 Å². The zero-order valence-electron chi connectivity index (χ0n) is 10.5. The Hall–Kier alpha value is -1.63. The van der Waals surface area contributed by atoms with Crippen molar-refractivity contribution in [1.82, 2.24) is 19.7 Å². The topological polar surface area (TPSA) is 92.6 Å². The molecule has 96 valence electrons. The number of aromatic nitrogens is 3. The van der Waals surface area contributed by atoms with E-state index >= 15 is 0 Å². The van der Waals surface area contributed by atoms with Crippen LogP contribution in [0.2, 0.25) is 0 Å². The normalized spacial score (nSPS) is 14.2. The molecule has 17 heavy (non-hydrogen) atoms. The third-order valence-corrected chi connectivity index (χ3v) is 2.73. The number of aryl methyl sites for hydroxylation is 1.